The number of aliphatic hydroxyl groups is 1. The van der Waals surface area contributed by atoms with E-state index in [0.29, 0.717) is 18.8 Å². The van der Waals surface area contributed by atoms with E-state index in [0.717, 1.165) is 53.0 Å². The van der Waals surface area contributed by atoms with E-state index >= 15 is 0 Å². The molecule has 4 heterocycles. The van der Waals surface area contributed by atoms with Crippen LogP contribution in [0.3, 0.4) is 0 Å². The van der Waals surface area contributed by atoms with Crippen molar-refractivity contribution in [3.8, 4) is 22.5 Å². The summed E-state index contributed by atoms with van der Waals surface area (Å²) >= 11 is 0. The Hall–Kier alpha value is -4.67. The maximum atomic E-state index is 13.3. The maximum absolute atomic E-state index is 13.3. The number of ether oxygens (including phenoxy) is 1. The lowest BCUT2D eigenvalue weighted by atomic mass is 9.98. The fourth-order valence-corrected chi connectivity index (χ4v) is 6.19. The molecule has 3 aliphatic rings. The lowest BCUT2D eigenvalue weighted by Crippen LogP contribution is -2.44. The Bertz CT molecular complexity index is 1530. The minimum atomic E-state index is -0.771. The Kier molecular flexibility index (Phi) is 6.94. The fraction of sp³-hybridized carbons (Fsp3) is 0.367. The molecule has 3 aliphatic heterocycles. The van der Waals surface area contributed by atoms with Crippen molar-refractivity contribution in [2.75, 3.05) is 25.1 Å². The van der Waals surface area contributed by atoms with Crippen LogP contribution >= 0.6 is 0 Å². The van der Waals surface area contributed by atoms with Gasteiger partial charge in [0.2, 0.25) is 5.82 Å². The topological polar surface area (TPSA) is 128 Å². The van der Waals surface area contributed by atoms with Crippen LogP contribution in [0.5, 0.6) is 0 Å². The van der Waals surface area contributed by atoms with Crippen LogP contribution in [0.2, 0.25) is 0 Å². The number of hydrogen-bond donors (Lipinski definition) is 2. The maximum Gasteiger partial charge on any atom is 0.347 e. The van der Waals surface area contributed by atoms with Crippen LogP contribution in [0.4, 0.5) is 5.69 Å². The second-order valence-electron chi connectivity index (χ2n) is 10.5. The number of aromatic amines is 1. The molecule has 2 aromatic carbocycles. The number of benzene rings is 2. The number of hydrogen-bond acceptors (Lipinski definition) is 9. The first kappa shape index (κ1) is 26.5. The van der Waals surface area contributed by atoms with Gasteiger partial charge in [-0.3, -0.25) is 4.79 Å². The SMILES string of the molecule is CCCCC1N(C)C2=C(CN3C(=O)C(C(=O)OCC)=C(O)C3C2)N1c1ccc(-c2ccccc2-c2nn[nH]n2)cc1. The average Bonchev–Trinajstić information content (AvgIpc) is 3.68. The molecule has 0 spiro atoms. The van der Waals surface area contributed by atoms with E-state index in [1.807, 2.05) is 24.3 Å². The van der Waals surface area contributed by atoms with E-state index in [4.69, 9.17) is 4.74 Å². The Morgan fingerprint density at radius 2 is 1.85 bits per heavy atom. The zero-order chi connectivity index (χ0) is 28.7. The summed E-state index contributed by atoms with van der Waals surface area (Å²) in [6.07, 6.45) is 3.56. The van der Waals surface area contributed by atoms with Crippen molar-refractivity contribution in [2.45, 2.75) is 51.7 Å². The lowest BCUT2D eigenvalue weighted by molar-refractivity contribution is -0.141. The van der Waals surface area contributed by atoms with Gasteiger partial charge in [-0.15, -0.1) is 10.2 Å². The van der Waals surface area contributed by atoms with Gasteiger partial charge in [0.15, 0.2) is 5.57 Å². The van der Waals surface area contributed by atoms with Crippen molar-refractivity contribution in [3.05, 3.63) is 71.3 Å². The number of rotatable bonds is 8. The molecule has 0 saturated heterocycles. The van der Waals surface area contributed by atoms with Crippen LogP contribution in [0.1, 0.15) is 39.5 Å². The molecule has 1 amide bonds. The number of amides is 1. The number of anilines is 1. The number of fused-ring (bicyclic) bond motifs is 1. The number of H-pyrrole nitrogens is 1. The van der Waals surface area contributed by atoms with Crippen molar-refractivity contribution in [2.24, 2.45) is 0 Å². The summed E-state index contributed by atoms with van der Waals surface area (Å²) in [5, 5.41) is 25.5. The van der Waals surface area contributed by atoms with Crippen LogP contribution in [0.15, 0.2) is 71.3 Å². The summed E-state index contributed by atoms with van der Waals surface area (Å²) in [4.78, 5) is 32.0. The molecule has 0 bridgehead atoms. The highest BCUT2D eigenvalue weighted by Gasteiger charge is 2.50. The Morgan fingerprint density at radius 1 is 1.10 bits per heavy atom. The largest absolute Gasteiger partial charge is 0.509 e. The predicted molar refractivity (Wildman–Crippen MR) is 152 cm³/mol. The molecule has 0 aliphatic carbocycles. The van der Waals surface area contributed by atoms with Gasteiger partial charge in [-0.25, -0.2) is 4.79 Å². The second kappa shape index (κ2) is 10.7. The number of tetrazole rings is 1. The number of aromatic nitrogens is 4. The highest BCUT2D eigenvalue weighted by molar-refractivity contribution is 6.18. The normalized spacial score (nSPS) is 20.2. The number of aliphatic hydroxyl groups excluding tert-OH is 1. The summed E-state index contributed by atoms with van der Waals surface area (Å²) in [6, 6.07) is 15.7. The third-order valence-corrected chi connectivity index (χ3v) is 8.19. The van der Waals surface area contributed by atoms with Gasteiger partial charge in [0, 0.05) is 30.4 Å². The summed E-state index contributed by atoms with van der Waals surface area (Å²) in [5.74, 6) is -0.911. The van der Waals surface area contributed by atoms with E-state index < -0.39 is 17.9 Å². The number of esters is 1. The summed E-state index contributed by atoms with van der Waals surface area (Å²) in [6.45, 7) is 4.28. The minimum absolute atomic E-state index is 0.0724. The number of unbranched alkanes of at least 4 members (excludes halogenated alkanes) is 1. The highest BCUT2D eigenvalue weighted by atomic mass is 16.5. The molecular formula is C30H33N7O4. The van der Waals surface area contributed by atoms with Gasteiger partial charge >= 0.3 is 5.97 Å². The van der Waals surface area contributed by atoms with E-state index in [9.17, 15) is 14.7 Å². The smallest absolute Gasteiger partial charge is 0.347 e. The number of carbonyl (C=O) groups is 2. The molecule has 1 aromatic heterocycles. The quantitative estimate of drug-likeness (QED) is 0.313. The molecule has 0 radical (unpaired) electrons. The molecule has 0 saturated carbocycles. The Balaban J connectivity index is 1.34. The van der Waals surface area contributed by atoms with Gasteiger partial charge < -0.3 is 24.5 Å². The average molecular weight is 556 g/mol. The van der Waals surface area contributed by atoms with Crippen LogP contribution in [0.25, 0.3) is 22.5 Å². The first-order valence-corrected chi connectivity index (χ1v) is 14.0. The predicted octanol–water partition coefficient (Wildman–Crippen LogP) is 4.00. The minimum Gasteiger partial charge on any atom is -0.509 e. The van der Waals surface area contributed by atoms with E-state index in [-0.39, 0.29) is 24.1 Å². The summed E-state index contributed by atoms with van der Waals surface area (Å²) in [7, 11) is 2.07. The Morgan fingerprint density at radius 3 is 2.54 bits per heavy atom. The highest BCUT2D eigenvalue weighted by Crippen LogP contribution is 2.44. The molecule has 41 heavy (non-hydrogen) atoms. The van der Waals surface area contributed by atoms with Gasteiger partial charge in [-0.2, -0.15) is 5.21 Å². The summed E-state index contributed by atoms with van der Waals surface area (Å²) in [5.41, 5.74) is 5.75. The van der Waals surface area contributed by atoms with Crippen LogP contribution in [-0.2, 0) is 14.3 Å². The first-order chi connectivity index (χ1) is 19.9. The van der Waals surface area contributed by atoms with Gasteiger partial charge in [0.25, 0.3) is 5.91 Å². The van der Waals surface area contributed by atoms with Crippen LogP contribution in [-0.4, -0.2) is 79.8 Å². The molecule has 6 rings (SSSR count). The van der Waals surface area contributed by atoms with Crippen molar-refractivity contribution in [1.82, 2.24) is 30.4 Å². The van der Waals surface area contributed by atoms with Crippen molar-refractivity contribution in [3.63, 3.8) is 0 Å². The first-order valence-electron chi connectivity index (χ1n) is 14.0. The third-order valence-electron chi connectivity index (χ3n) is 8.19. The van der Waals surface area contributed by atoms with Gasteiger partial charge in [0.1, 0.15) is 11.9 Å². The van der Waals surface area contributed by atoms with Crippen molar-refractivity contribution < 1.29 is 19.4 Å². The molecular weight excluding hydrogens is 522 g/mol. The monoisotopic (exact) mass is 555 g/mol. The van der Waals surface area contributed by atoms with E-state index in [1.165, 1.54) is 0 Å². The van der Waals surface area contributed by atoms with Crippen LogP contribution in [0, 0.1) is 0 Å². The molecule has 3 aromatic rings. The molecule has 2 atom stereocenters. The van der Waals surface area contributed by atoms with E-state index in [1.54, 1.807) is 11.8 Å². The van der Waals surface area contributed by atoms with Gasteiger partial charge in [-0.1, -0.05) is 49.7 Å². The molecule has 212 valence electrons. The van der Waals surface area contributed by atoms with Crippen molar-refractivity contribution >= 4 is 17.6 Å². The zero-order valence-electron chi connectivity index (χ0n) is 23.4. The fourth-order valence-electron chi connectivity index (χ4n) is 6.19. The molecule has 0 fully saturated rings. The second-order valence-corrected chi connectivity index (χ2v) is 10.5. The summed E-state index contributed by atoms with van der Waals surface area (Å²) < 4.78 is 5.07. The molecule has 11 heteroatoms. The van der Waals surface area contributed by atoms with Gasteiger partial charge in [0.05, 0.1) is 24.9 Å². The molecule has 2 unspecified atom stereocenters. The molecule has 2 N–H and O–H groups in total. The van der Waals surface area contributed by atoms with Gasteiger partial charge in [-0.05, 0) is 48.2 Å². The standard InChI is InChI=1S/C30H33N7O4/c1-4-6-11-25-35(3)22-16-23-27(38)26(30(40)41-5-2)29(39)36(23)17-24(22)37(25)19-14-12-18(13-15-19)20-9-7-8-10-21(20)28-31-33-34-32-28/h7-10,12-15,23,25,38H,4-6,11,16-17H2,1-3H3,(H,31,32,33,34). The third kappa shape index (κ3) is 4.41. The Labute approximate surface area is 238 Å². The lowest BCUT2D eigenvalue weighted by Gasteiger charge is -2.34. The number of nitrogens with zero attached hydrogens (tertiary/aromatic N) is 6. The number of nitrogens with one attached hydrogen (secondary N) is 1. The van der Waals surface area contributed by atoms with Crippen LogP contribution < -0.4 is 4.90 Å². The van der Waals surface area contributed by atoms with E-state index in [2.05, 4.69) is 68.7 Å². The number of carbonyl (C=O) groups excluding carboxylic acids is 2. The van der Waals surface area contributed by atoms with Crippen molar-refractivity contribution in [1.29, 1.82) is 0 Å². The zero-order valence-corrected chi connectivity index (χ0v) is 23.4. The molecule has 11 nitrogen and oxygen atoms in total.